The van der Waals surface area contributed by atoms with E-state index in [4.69, 9.17) is 11.0 Å². The molecule has 0 aliphatic carbocycles. The van der Waals surface area contributed by atoms with Crippen molar-refractivity contribution < 1.29 is 0 Å². The topological polar surface area (TPSA) is 100 Å². The van der Waals surface area contributed by atoms with Gasteiger partial charge in [0.1, 0.15) is 11.5 Å². The Bertz CT molecular complexity index is 602. The van der Waals surface area contributed by atoms with E-state index >= 15 is 0 Å². The maximum atomic E-state index is 11.5. The van der Waals surface area contributed by atoms with Crippen LogP contribution in [0.5, 0.6) is 0 Å². The van der Waals surface area contributed by atoms with E-state index in [1.54, 1.807) is 17.8 Å². The van der Waals surface area contributed by atoms with E-state index in [9.17, 15) is 4.79 Å². The number of aryl methyl sites for hydroxylation is 1. The van der Waals surface area contributed by atoms with Gasteiger partial charge in [0.2, 0.25) is 5.95 Å². The van der Waals surface area contributed by atoms with E-state index in [2.05, 4.69) is 9.97 Å². The molecule has 0 fully saturated rings. The number of rotatable bonds is 0. The molecule has 0 saturated carbocycles. The molecule has 0 aromatic carbocycles. The summed E-state index contributed by atoms with van der Waals surface area (Å²) in [4.78, 5) is 17.7. The van der Waals surface area contributed by atoms with Crippen molar-refractivity contribution in [2.75, 3.05) is 5.73 Å². The summed E-state index contributed by atoms with van der Waals surface area (Å²) >= 11 is 0. The van der Waals surface area contributed by atoms with Crippen molar-refractivity contribution in [3.05, 3.63) is 22.1 Å². The van der Waals surface area contributed by atoms with Gasteiger partial charge in [-0.15, -0.1) is 0 Å². The van der Waals surface area contributed by atoms with Gasteiger partial charge >= 0.3 is 0 Å². The molecule has 2 aromatic rings. The van der Waals surface area contributed by atoms with E-state index in [-0.39, 0.29) is 16.9 Å². The van der Waals surface area contributed by atoms with Gasteiger partial charge in [-0.2, -0.15) is 10.2 Å². The summed E-state index contributed by atoms with van der Waals surface area (Å²) in [5.41, 5.74) is 5.72. The summed E-state index contributed by atoms with van der Waals surface area (Å²) in [5, 5.41) is 9.05. The molecule has 0 unspecified atom stereocenters. The highest BCUT2D eigenvalue weighted by atomic mass is 16.1. The van der Waals surface area contributed by atoms with Crippen LogP contribution in [-0.4, -0.2) is 14.5 Å². The van der Waals surface area contributed by atoms with Crippen LogP contribution in [-0.2, 0) is 7.05 Å². The molecule has 0 spiro atoms. The lowest BCUT2D eigenvalue weighted by molar-refractivity contribution is 0.943. The van der Waals surface area contributed by atoms with E-state index in [0.717, 1.165) is 0 Å². The summed E-state index contributed by atoms with van der Waals surface area (Å²) in [5.74, 6) is 0.0492. The minimum atomic E-state index is -0.385. The number of nitrogens with two attached hydrogens (primary N) is 1. The second-order valence-electron chi connectivity index (χ2n) is 2.92. The molecule has 6 nitrogen and oxygen atoms in total. The van der Waals surface area contributed by atoms with Crippen LogP contribution >= 0.6 is 0 Å². The number of aromatic nitrogens is 3. The molecule has 0 bridgehead atoms. The second-order valence-corrected chi connectivity index (χ2v) is 2.92. The fourth-order valence-electron chi connectivity index (χ4n) is 1.38. The molecule has 84 valence electrons. The number of anilines is 1. The lowest BCUT2D eigenvalue weighted by Gasteiger charge is -1.95. The van der Waals surface area contributed by atoms with Crippen LogP contribution in [0.15, 0.2) is 11.0 Å². The summed E-state index contributed by atoms with van der Waals surface area (Å²) in [7, 11) is 1.70. The Kier molecular flexibility index (Phi) is 3.30. The zero-order valence-electron chi connectivity index (χ0n) is 9.40. The van der Waals surface area contributed by atoms with Gasteiger partial charge in [0.05, 0.1) is 5.56 Å². The van der Waals surface area contributed by atoms with Crippen LogP contribution in [0.25, 0.3) is 11.0 Å². The molecule has 3 N–H and O–H groups in total. The Morgan fingerprint density at radius 3 is 2.75 bits per heavy atom. The SMILES string of the molecule is CC.Cn1cc(C#N)c2c(=O)[nH]c(N)nc21. The van der Waals surface area contributed by atoms with Crippen molar-refractivity contribution in [1.82, 2.24) is 14.5 Å². The maximum absolute atomic E-state index is 11.5. The molecule has 0 aliphatic heterocycles. The third kappa shape index (κ3) is 1.75. The van der Waals surface area contributed by atoms with E-state index in [0.29, 0.717) is 11.2 Å². The van der Waals surface area contributed by atoms with Crippen LogP contribution < -0.4 is 11.3 Å². The number of fused-ring (bicyclic) bond motifs is 1. The van der Waals surface area contributed by atoms with Crippen LogP contribution in [0.2, 0.25) is 0 Å². The molecular formula is C10H13N5O. The molecule has 2 heterocycles. The fourth-order valence-corrected chi connectivity index (χ4v) is 1.38. The number of nitrogens with zero attached hydrogens (tertiary/aromatic N) is 3. The van der Waals surface area contributed by atoms with Crippen molar-refractivity contribution in [3.8, 4) is 6.07 Å². The lowest BCUT2D eigenvalue weighted by Crippen LogP contribution is -2.11. The number of nitriles is 1. The van der Waals surface area contributed by atoms with Crippen LogP contribution in [0.4, 0.5) is 5.95 Å². The van der Waals surface area contributed by atoms with Crippen LogP contribution in [0, 0.1) is 11.3 Å². The van der Waals surface area contributed by atoms with Crippen molar-refractivity contribution in [2.24, 2.45) is 7.05 Å². The number of aromatic amines is 1. The normalized spacial score (nSPS) is 9.38. The number of hydrogen-bond donors (Lipinski definition) is 2. The van der Waals surface area contributed by atoms with Gasteiger partial charge in [0.15, 0.2) is 5.65 Å². The molecule has 16 heavy (non-hydrogen) atoms. The zero-order valence-corrected chi connectivity index (χ0v) is 9.40. The van der Waals surface area contributed by atoms with Gasteiger partial charge in [0, 0.05) is 13.2 Å². The highest BCUT2D eigenvalue weighted by Gasteiger charge is 2.11. The largest absolute Gasteiger partial charge is 0.369 e. The first-order valence-electron chi connectivity index (χ1n) is 4.88. The monoisotopic (exact) mass is 219 g/mol. The van der Waals surface area contributed by atoms with Gasteiger partial charge in [-0.3, -0.25) is 9.78 Å². The second kappa shape index (κ2) is 4.49. The first-order valence-corrected chi connectivity index (χ1v) is 4.88. The molecule has 6 heteroatoms. The standard InChI is InChI=1S/C8H7N5O.C2H6/c1-13-3-4(2-9)5-6(13)11-8(10)12-7(5)14;1-2/h3H,1H3,(H3,10,11,12,14);1-2H3. The zero-order chi connectivity index (χ0) is 12.3. The Hall–Kier alpha value is -2.29. The lowest BCUT2D eigenvalue weighted by atomic mass is 10.3. The van der Waals surface area contributed by atoms with Crippen molar-refractivity contribution in [1.29, 1.82) is 5.26 Å². The first kappa shape index (κ1) is 11.8. The third-order valence-corrected chi connectivity index (χ3v) is 1.97. The van der Waals surface area contributed by atoms with Gasteiger partial charge in [0.25, 0.3) is 5.56 Å². The average Bonchev–Trinajstić information content (AvgIpc) is 2.59. The summed E-state index contributed by atoms with van der Waals surface area (Å²) in [6, 6.07) is 1.93. The molecule has 0 saturated heterocycles. The predicted molar refractivity (Wildman–Crippen MR) is 61.8 cm³/mol. The molecule has 0 radical (unpaired) electrons. The van der Waals surface area contributed by atoms with Crippen LogP contribution in [0.1, 0.15) is 19.4 Å². The van der Waals surface area contributed by atoms with Gasteiger partial charge < -0.3 is 10.3 Å². The van der Waals surface area contributed by atoms with Gasteiger partial charge in [-0.25, -0.2) is 0 Å². The number of hydrogen-bond acceptors (Lipinski definition) is 4. The molecular weight excluding hydrogens is 206 g/mol. The first-order chi connectivity index (χ1) is 7.63. The molecule has 2 aromatic heterocycles. The van der Waals surface area contributed by atoms with Gasteiger partial charge in [-0.05, 0) is 0 Å². The molecule has 0 aliphatic rings. The van der Waals surface area contributed by atoms with E-state index < -0.39 is 0 Å². The fraction of sp³-hybridized carbons (Fsp3) is 0.300. The predicted octanol–water partition coefficient (Wildman–Crippen LogP) is 0.742. The molecule has 0 atom stereocenters. The average molecular weight is 219 g/mol. The Balaban J connectivity index is 0.000000606. The quantitative estimate of drug-likeness (QED) is 0.682. The maximum Gasteiger partial charge on any atom is 0.263 e. The smallest absolute Gasteiger partial charge is 0.263 e. The van der Waals surface area contributed by atoms with Crippen molar-refractivity contribution in [2.45, 2.75) is 13.8 Å². The van der Waals surface area contributed by atoms with Crippen LogP contribution in [0.3, 0.4) is 0 Å². The number of nitrogens with one attached hydrogen (secondary N) is 1. The summed E-state index contributed by atoms with van der Waals surface area (Å²) < 4.78 is 1.60. The molecule has 0 amide bonds. The minimum Gasteiger partial charge on any atom is -0.369 e. The third-order valence-electron chi connectivity index (χ3n) is 1.97. The highest BCUT2D eigenvalue weighted by Crippen LogP contribution is 2.13. The highest BCUT2D eigenvalue weighted by molar-refractivity contribution is 5.82. The number of nitrogen functional groups attached to an aromatic ring is 1. The summed E-state index contributed by atoms with van der Waals surface area (Å²) in [6.07, 6.45) is 1.55. The Morgan fingerprint density at radius 2 is 2.19 bits per heavy atom. The minimum absolute atomic E-state index is 0.0492. The molecule has 2 rings (SSSR count). The Labute approximate surface area is 92.3 Å². The Morgan fingerprint density at radius 1 is 1.56 bits per heavy atom. The van der Waals surface area contributed by atoms with Crippen molar-refractivity contribution in [3.63, 3.8) is 0 Å². The summed E-state index contributed by atoms with van der Waals surface area (Å²) in [6.45, 7) is 4.00. The van der Waals surface area contributed by atoms with E-state index in [1.807, 2.05) is 19.9 Å². The van der Waals surface area contributed by atoms with Crippen molar-refractivity contribution >= 4 is 17.0 Å². The van der Waals surface area contributed by atoms with E-state index in [1.165, 1.54) is 0 Å². The number of H-pyrrole nitrogens is 1. The van der Waals surface area contributed by atoms with Gasteiger partial charge in [-0.1, -0.05) is 13.8 Å².